The first-order valence-electron chi connectivity index (χ1n) is 4.56. The molecule has 0 aliphatic carbocycles. The fraction of sp³-hybridized carbons (Fsp3) is 0.400. The number of hydrogen-bond acceptors (Lipinski definition) is 2. The summed E-state index contributed by atoms with van der Waals surface area (Å²) in [6, 6.07) is 8.88. The Kier molecular flexibility index (Phi) is 5.18. The first kappa shape index (κ1) is 11.7. The van der Waals surface area contributed by atoms with E-state index >= 15 is 0 Å². The average molecular weight is 231 g/mol. The van der Waals surface area contributed by atoms with Gasteiger partial charge in [0.2, 0.25) is 0 Å². The van der Waals surface area contributed by atoms with Crippen molar-refractivity contribution in [1.82, 2.24) is 0 Å². The van der Waals surface area contributed by atoms with Crippen LogP contribution in [0.4, 0.5) is 0 Å². The molecule has 1 aromatic rings. The van der Waals surface area contributed by atoms with E-state index in [0.717, 1.165) is 17.5 Å². The zero-order valence-corrected chi connectivity index (χ0v) is 10.4. The quantitative estimate of drug-likeness (QED) is 0.724. The molecular weight excluding hydrogens is 216 g/mol. The van der Waals surface area contributed by atoms with Crippen LogP contribution >= 0.6 is 11.6 Å². The van der Waals surface area contributed by atoms with Crippen LogP contribution in [0.5, 0.6) is 0 Å². The van der Waals surface area contributed by atoms with Gasteiger partial charge in [0.25, 0.3) is 0 Å². The van der Waals surface area contributed by atoms with Crippen molar-refractivity contribution in [2.24, 2.45) is 0 Å². The summed E-state index contributed by atoms with van der Waals surface area (Å²) in [5.74, 6) is 0. The van der Waals surface area contributed by atoms with E-state index in [4.69, 9.17) is 20.5 Å². The number of benzene rings is 1. The van der Waals surface area contributed by atoms with Gasteiger partial charge in [0.05, 0.1) is 0 Å². The Morgan fingerprint density at radius 3 is 2.57 bits per heavy atom. The van der Waals surface area contributed by atoms with E-state index in [9.17, 15) is 0 Å². The Hall–Kier alpha value is -0.353. The van der Waals surface area contributed by atoms with Crippen LogP contribution in [0, 0.1) is 0 Å². The molecule has 0 fully saturated rings. The molecule has 0 saturated carbocycles. The van der Waals surface area contributed by atoms with Crippen molar-refractivity contribution in [1.29, 1.82) is 0 Å². The molecule has 2 nitrogen and oxygen atoms in total. The Morgan fingerprint density at radius 1 is 1.29 bits per heavy atom. The van der Waals surface area contributed by atoms with Crippen LogP contribution in [0.15, 0.2) is 24.3 Å². The van der Waals surface area contributed by atoms with Gasteiger partial charge < -0.3 is 8.85 Å². The van der Waals surface area contributed by atoms with Gasteiger partial charge in [-0.15, -0.1) is 0 Å². The summed E-state index contributed by atoms with van der Waals surface area (Å²) in [6.07, 6.45) is 0.971. The van der Waals surface area contributed by atoms with Crippen molar-refractivity contribution in [3.8, 4) is 0 Å². The Morgan fingerprint density at radius 2 is 2.00 bits per heavy atom. The van der Waals surface area contributed by atoms with Crippen LogP contribution in [0.3, 0.4) is 0 Å². The lowest BCUT2D eigenvalue weighted by Crippen LogP contribution is -2.19. The average Bonchev–Trinajstić information content (AvgIpc) is 2.19. The monoisotopic (exact) mass is 230 g/mol. The molecule has 0 unspecified atom stereocenters. The molecule has 4 heteroatoms. The molecule has 0 spiro atoms. The van der Waals surface area contributed by atoms with E-state index in [1.54, 1.807) is 14.2 Å². The summed E-state index contributed by atoms with van der Waals surface area (Å²) in [6.45, 7) is 0. The summed E-state index contributed by atoms with van der Waals surface area (Å²) < 4.78 is 10.5. The highest BCUT2D eigenvalue weighted by molar-refractivity contribution is 6.44. The molecule has 0 heterocycles. The molecule has 0 atom stereocenters. The summed E-state index contributed by atoms with van der Waals surface area (Å²) >= 11 is 5.88. The standard InChI is InChI=1S/C10H15ClO2Si/c1-12-14(13-2)7-6-9-4-3-5-10(11)8-9/h3-5,8,14H,6-7H2,1-2H3. The van der Waals surface area contributed by atoms with Crippen LogP contribution in [-0.2, 0) is 15.3 Å². The molecule has 0 aliphatic heterocycles. The second-order valence-corrected chi connectivity index (χ2v) is 5.89. The van der Waals surface area contributed by atoms with E-state index < -0.39 is 9.28 Å². The van der Waals surface area contributed by atoms with Crippen LogP contribution in [0.25, 0.3) is 0 Å². The first-order chi connectivity index (χ1) is 6.76. The first-order valence-corrected chi connectivity index (χ1v) is 6.70. The molecule has 0 saturated heterocycles. The van der Waals surface area contributed by atoms with Gasteiger partial charge in [0.1, 0.15) is 0 Å². The normalized spacial score (nSPS) is 10.9. The Labute approximate surface area is 91.6 Å². The summed E-state index contributed by atoms with van der Waals surface area (Å²) in [5.41, 5.74) is 1.24. The summed E-state index contributed by atoms with van der Waals surface area (Å²) in [7, 11) is 1.99. The molecule has 0 N–H and O–H groups in total. The van der Waals surface area contributed by atoms with Crippen LogP contribution < -0.4 is 0 Å². The van der Waals surface area contributed by atoms with Crippen LogP contribution in [-0.4, -0.2) is 23.5 Å². The highest BCUT2D eigenvalue weighted by Gasteiger charge is 2.08. The summed E-state index contributed by atoms with van der Waals surface area (Å²) in [4.78, 5) is 0. The predicted octanol–water partition coefficient (Wildman–Crippen LogP) is 2.40. The topological polar surface area (TPSA) is 18.5 Å². The lowest BCUT2D eigenvalue weighted by Gasteiger charge is -2.10. The third-order valence-corrected chi connectivity index (χ3v) is 4.13. The minimum absolute atomic E-state index is 0.788. The molecule has 0 amide bonds. The largest absolute Gasteiger partial charge is 0.400 e. The predicted molar refractivity (Wildman–Crippen MR) is 61.1 cm³/mol. The van der Waals surface area contributed by atoms with E-state index in [1.807, 2.05) is 18.2 Å². The van der Waals surface area contributed by atoms with Gasteiger partial charge in [-0.25, -0.2) is 0 Å². The second-order valence-electron chi connectivity index (χ2n) is 3.07. The number of halogens is 1. The van der Waals surface area contributed by atoms with Gasteiger partial charge in [0, 0.05) is 19.2 Å². The van der Waals surface area contributed by atoms with Gasteiger partial charge >= 0.3 is 9.28 Å². The lowest BCUT2D eigenvalue weighted by atomic mass is 10.2. The van der Waals surface area contributed by atoms with Crippen molar-refractivity contribution in [2.45, 2.75) is 12.5 Å². The zero-order chi connectivity index (χ0) is 10.4. The minimum Gasteiger partial charge on any atom is -0.400 e. The van der Waals surface area contributed by atoms with E-state index in [1.165, 1.54) is 5.56 Å². The fourth-order valence-corrected chi connectivity index (χ4v) is 2.75. The highest BCUT2D eigenvalue weighted by Crippen LogP contribution is 2.13. The molecule has 0 radical (unpaired) electrons. The third-order valence-electron chi connectivity index (χ3n) is 2.08. The van der Waals surface area contributed by atoms with Gasteiger partial charge in [-0.2, -0.15) is 0 Å². The SMILES string of the molecule is CO[SiH](CCc1cccc(Cl)c1)OC. The summed E-state index contributed by atoms with van der Waals surface area (Å²) in [5, 5.41) is 0.788. The van der Waals surface area contributed by atoms with E-state index in [-0.39, 0.29) is 0 Å². The van der Waals surface area contributed by atoms with Gasteiger partial charge in [-0.05, 0) is 30.2 Å². The highest BCUT2D eigenvalue weighted by atomic mass is 35.5. The van der Waals surface area contributed by atoms with Crippen molar-refractivity contribution in [3.63, 3.8) is 0 Å². The molecule has 78 valence electrons. The van der Waals surface area contributed by atoms with E-state index in [0.29, 0.717) is 0 Å². The maximum absolute atomic E-state index is 5.88. The van der Waals surface area contributed by atoms with Crippen molar-refractivity contribution < 1.29 is 8.85 Å². The molecule has 1 rings (SSSR count). The van der Waals surface area contributed by atoms with Gasteiger partial charge in [0.15, 0.2) is 0 Å². The molecule has 14 heavy (non-hydrogen) atoms. The van der Waals surface area contributed by atoms with Gasteiger partial charge in [-0.3, -0.25) is 0 Å². The number of hydrogen-bond donors (Lipinski definition) is 0. The van der Waals surface area contributed by atoms with Crippen LogP contribution in [0.1, 0.15) is 5.56 Å². The van der Waals surface area contributed by atoms with Crippen molar-refractivity contribution >= 4 is 20.9 Å². The Bertz CT molecular complexity index is 277. The van der Waals surface area contributed by atoms with E-state index in [2.05, 4.69) is 6.07 Å². The molecule has 0 bridgehead atoms. The number of aryl methyl sites for hydroxylation is 1. The molecule has 1 aromatic carbocycles. The second kappa shape index (κ2) is 6.19. The fourth-order valence-electron chi connectivity index (χ4n) is 1.31. The maximum Gasteiger partial charge on any atom is 0.321 e. The minimum atomic E-state index is -1.42. The zero-order valence-electron chi connectivity index (χ0n) is 8.50. The van der Waals surface area contributed by atoms with Gasteiger partial charge in [-0.1, -0.05) is 23.7 Å². The Balaban J connectivity index is 2.44. The smallest absolute Gasteiger partial charge is 0.321 e. The van der Waals surface area contributed by atoms with Crippen LogP contribution in [0.2, 0.25) is 11.1 Å². The lowest BCUT2D eigenvalue weighted by molar-refractivity contribution is 0.277. The molecule has 0 aliphatic rings. The van der Waals surface area contributed by atoms with Crippen molar-refractivity contribution in [3.05, 3.63) is 34.9 Å². The molecule has 0 aromatic heterocycles. The molecular formula is C10H15ClO2Si. The third kappa shape index (κ3) is 3.80. The number of rotatable bonds is 5. The maximum atomic E-state index is 5.88. The van der Waals surface area contributed by atoms with Crippen molar-refractivity contribution in [2.75, 3.05) is 14.2 Å².